The van der Waals surface area contributed by atoms with Crippen LogP contribution in [-0.4, -0.2) is 12.7 Å². The Morgan fingerprint density at radius 2 is 1.87 bits per heavy atom. The fraction of sp³-hybridized carbons (Fsp3) is 0.538. The van der Waals surface area contributed by atoms with Gasteiger partial charge in [0.1, 0.15) is 5.75 Å². The summed E-state index contributed by atoms with van der Waals surface area (Å²) in [5, 5.41) is 0. The molecule has 0 aliphatic carbocycles. The summed E-state index contributed by atoms with van der Waals surface area (Å²) in [5.41, 5.74) is 1.18. The van der Waals surface area contributed by atoms with Crippen molar-refractivity contribution in [1.82, 2.24) is 0 Å². The zero-order valence-corrected chi connectivity index (χ0v) is 9.62. The second-order valence-corrected chi connectivity index (χ2v) is 4.52. The van der Waals surface area contributed by atoms with E-state index in [2.05, 4.69) is 19.1 Å². The largest absolute Gasteiger partial charge is 0.491 e. The minimum atomic E-state index is -0.0592. The standard InChI is InChI=1S/C13H18O2/c1-10(2)15-12-6-4-11(5-7-12)13(3)8-9-14-13/h4-7,10H,8-9H2,1-3H3. The van der Waals surface area contributed by atoms with E-state index in [4.69, 9.17) is 9.47 Å². The molecule has 0 aromatic heterocycles. The predicted molar refractivity (Wildman–Crippen MR) is 60.1 cm³/mol. The van der Waals surface area contributed by atoms with Gasteiger partial charge in [-0.15, -0.1) is 0 Å². The molecule has 0 bridgehead atoms. The number of benzene rings is 1. The molecule has 82 valence electrons. The lowest BCUT2D eigenvalue weighted by Crippen LogP contribution is -2.37. The molecular weight excluding hydrogens is 188 g/mol. The predicted octanol–water partition coefficient (Wildman–Crippen LogP) is 3.11. The van der Waals surface area contributed by atoms with Crippen LogP contribution in [0.2, 0.25) is 0 Å². The Morgan fingerprint density at radius 3 is 2.27 bits per heavy atom. The van der Waals surface area contributed by atoms with E-state index in [-0.39, 0.29) is 11.7 Å². The summed E-state index contributed by atoms with van der Waals surface area (Å²) < 4.78 is 11.2. The minimum Gasteiger partial charge on any atom is -0.491 e. The maximum absolute atomic E-state index is 5.59. The third kappa shape index (κ3) is 2.15. The summed E-state index contributed by atoms with van der Waals surface area (Å²) in [4.78, 5) is 0. The molecule has 1 aromatic rings. The number of rotatable bonds is 3. The monoisotopic (exact) mass is 206 g/mol. The Morgan fingerprint density at radius 1 is 1.27 bits per heavy atom. The van der Waals surface area contributed by atoms with Crippen LogP contribution in [0.25, 0.3) is 0 Å². The van der Waals surface area contributed by atoms with Crippen molar-refractivity contribution in [3.8, 4) is 5.75 Å². The molecule has 2 heteroatoms. The first-order valence-corrected chi connectivity index (χ1v) is 5.51. The van der Waals surface area contributed by atoms with E-state index in [1.807, 2.05) is 26.0 Å². The SMILES string of the molecule is CC(C)Oc1ccc(C2(C)CCO2)cc1. The molecule has 1 aromatic carbocycles. The van der Waals surface area contributed by atoms with E-state index >= 15 is 0 Å². The minimum absolute atomic E-state index is 0.0592. The van der Waals surface area contributed by atoms with Crippen LogP contribution in [0.15, 0.2) is 24.3 Å². The maximum atomic E-state index is 5.59. The number of ether oxygens (including phenoxy) is 2. The third-order valence-corrected chi connectivity index (χ3v) is 2.84. The van der Waals surface area contributed by atoms with Crippen LogP contribution < -0.4 is 4.74 Å². The highest BCUT2D eigenvalue weighted by Crippen LogP contribution is 2.37. The maximum Gasteiger partial charge on any atom is 0.119 e. The summed E-state index contributed by atoms with van der Waals surface area (Å²) in [6.45, 7) is 7.07. The number of hydrogen-bond acceptors (Lipinski definition) is 2. The van der Waals surface area contributed by atoms with E-state index in [0.29, 0.717) is 0 Å². The molecule has 0 saturated carbocycles. The van der Waals surface area contributed by atoms with Gasteiger partial charge >= 0.3 is 0 Å². The van der Waals surface area contributed by atoms with E-state index in [1.54, 1.807) is 0 Å². The van der Waals surface area contributed by atoms with Crippen LogP contribution in [0.1, 0.15) is 32.8 Å². The van der Waals surface area contributed by atoms with Gasteiger partial charge in [0.25, 0.3) is 0 Å². The molecule has 2 rings (SSSR count). The molecule has 15 heavy (non-hydrogen) atoms. The Hall–Kier alpha value is -1.02. The molecule has 1 saturated heterocycles. The molecule has 1 unspecified atom stereocenters. The summed E-state index contributed by atoms with van der Waals surface area (Å²) in [6, 6.07) is 8.22. The van der Waals surface area contributed by atoms with Gasteiger partial charge in [-0.2, -0.15) is 0 Å². The van der Waals surface area contributed by atoms with Crippen molar-refractivity contribution in [2.24, 2.45) is 0 Å². The molecule has 0 radical (unpaired) electrons. The van der Waals surface area contributed by atoms with Crippen LogP contribution in [0.4, 0.5) is 0 Å². The van der Waals surface area contributed by atoms with Crippen molar-refractivity contribution in [1.29, 1.82) is 0 Å². The lowest BCUT2D eigenvalue weighted by Gasteiger charge is -2.39. The van der Waals surface area contributed by atoms with E-state index in [1.165, 1.54) is 5.56 Å². The molecule has 0 spiro atoms. The molecular formula is C13H18O2. The summed E-state index contributed by atoms with van der Waals surface area (Å²) in [6.07, 6.45) is 1.34. The van der Waals surface area contributed by atoms with Crippen molar-refractivity contribution in [3.05, 3.63) is 29.8 Å². The van der Waals surface area contributed by atoms with Gasteiger partial charge in [-0.1, -0.05) is 12.1 Å². The molecule has 1 fully saturated rings. The molecule has 0 amide bonds. The van der Waals surface area contributed by atoms with E-state index < -0.39 is 0 Å². The quantitative estimate of drug-likeness (QED) is 0.756. The first-order valence-electron chi connectivity index (χ1n) is 5.51. The van der Waals surface area contributed by atoms with Gasteiger partial charge < -0.3 is 9.47 Å². The van der Waals surface area contributed by atoms with Crippen molar-refractivity contribution in [3.63, 3.8) is 0 Å². The van der Waals surface area contributed by atoms with Crippen LogP contribution in [0.5, 0.6) is 5.75 Å². The highest BCUT2D eigenvalue weighted by molar-refractivity contribution is 5.31. The van der Waals surface area contributed by atoms with Crippen molar-refractivity contribution in [2.75, 3.05) is 6.61 Å². The molecule has 2 nitrogen and oxygen atoms in total. The van der Waals surface area contributed by atoms with Crippen LogP contribution >= 0.6 is 0 Å². The Labute approximate surface area is 91.2 Å². The van der Waals surface area contributed by atoms with Crippen LogP contribution in [0, 0.1) is 0 Å². The molecule has 1 aliphatic heterocycles. The Bertz CT molecular complexity index is 323. The van der Waals surface area contributed by atoms with Gasteiger partial charge in [0.05, 0.1) is 18.3 Å². The van der Waals surface area contributed by atoms with Gasteiger partial charge in [0.15, 0.2) is 0 Å². The van der Waals surface area contributed by atoms with Crippen LogP contribution in [0.3, 0.4) is 0 Å². The highest BCUT2D eigenvalue weighted by Gasteiger charge is 2.34. The summed E-state index contributed by atoms with van der Waals surface area (Å²) in [7, 11) is 0. The van der Waals surface area contributed by atoms with Crippen LogP contribution in [-0.2, 0) is 10.3 Å². The topological polar surface area (TPSA) is 18.5 Å². The zero-order chi connectivity index (χ0) is 10.9. The first-order chi connectivity index (χ1) is 7.10. The zero-order valence-electron chi connectivity index (χ0n) is 9.62. The summed E-state index contributed by atoms with van der Waals surface area (Å²) in [5.74, 6) is 0.927. The fourth-order valence-electron chi connectivity index (χ4n) is 1.79. The van der Waals surface area contributed by atoms with Gasteiger partial charge in [0, 0.05) is 6.42 Å². The molecule has 1 atom stereocenters. The summed E-state index contributed by atoms with van der Waals surface area (Å²) >= 11 is 0. The van der Waals surface area contributed by atoms with Gasteiger partial charge in [-0.3, -0.25) is 0 Å². The van der Waals surface area contributed by atoms with Gasteiger partial charge in [-0.25, -0.2) is 0 Å². The molecule has 0 N–H and O–H groups in total. The van der Waals surface area contributed by atoms with Crippen molar-refractivity contribution >= 4 is 0 Å². The fourth-order valence-corrected chi connectivity index (χ4v) is 1.79. The Balaban J connectivity index is 2.10. The normalized spacial score (nSPS) is 25.1. The van der Waals surface area contributed by atoms with Gasteiger partial charge in [-0.05, 0) is 38.5 Å². The lowest BCUT2D eigenvalue weighted by molar-refractivity contribution is -0.140. The second-order valence-electron chi connectivity index (χ2n) is 4.52. The van der Waals surface area contributed by atoms with Crippen molar-refractivity contribution < 1.29 is 9.47 Å². The molecule has 1 heterocycles. The number of hydrogen-bond donors (Lipinski definition) is 0. The average Bonchev–Trinajstić information content (AvgIpc) is 2.14. The van der Waals surface area contributed by atoms with Gasteiger partial charge in [0.2, 0.25) is 0 Å². The smallest absolute Gasteiger partial charge is 0.119 e. The van der Waals surface area contributed by atoms with E-state index in [0.717, 1.165) is 18.8 Å². The average molecular weight is 206 g/mol. The lowest BCUT2D eigenvalue weighted by atomic mass is 9.89. The molecule has 1 aliphatic rings. The van der Waals surface area contributed by atoms with E-state index in [9.17, 15) is 0 Å². The highest BCUT2D eigenvalue weighted by atomic mass is 16.5. The van der Waals surface area contributed by atoms with Crippen molar-refractivity contribution in [2.45, 2.75) is 38.9 Å². The third-order valence-electron chi connectivity index (χ3n) is 2.84. The first kappa shape index (κ1) is 10.5. The second kappa shape index (κ2) is 3.86. The Kier molecular flexibility index (Phi) is 2.70.